The van der Waals surface area contributed by atoms with Crippen molar-refractivity contribution >= 4 is 0 Å². The Bertz CT molecular complexity index is 243. The highest BCUT2D eigenvalue weighted by Crippen LogP contribution is 2.32. The Morgan fingerprint density at radius 3 is 1.95 bits per heavy atom. The van der Waals surface area contributed by atoms with Crippen molar-refractivity contribution in [3.05, 3.63) is 0 Å². The summed E-state index contributed by atoms with van der Waals surface area (Å²) in [5.74, 6) is 0. The summed E-state index contributed by atoms with van der Waals surface area (Å²) in [6, 6.07) is 0. The number of nitrogens with one attached hydrogen (secondary N) is 1. The highest BCUT2D eigenvalue weighted by Gasteiger charge is 2.38. The van der Waals surface area contributed by atoms with Crippen molar-refractivity contribution < 1.29 is 17.9 Å². The first-order valence-electron chi connectivity index (χ1n) is 7.08. The van der Waals surface area contributed by atoms with Gasteiger partial charge in [0.2, 0.25) is 0 Å². The van der Waals surface area contributed by atoms with Crippen molar-refractivity contribution in [1.29, 1.82) is 0 Å². The van der Waals surface area contributed by atoms with Crippen LogP contribution < -0.4 is 5.32 Å². The average molecular weight is 281 g/mol. The number of alkyl halides is 3. The summed E-state index contributed by atoms with van der Waals surface area (Å²) in [4.78, 5) is 0. The summed E-state index contributed by atoms with van der Waals surface area (Å²) in [5, 5.41) is 3.30. The highest BCUT2D eigenvalue weighted by atomic mass is 19.4. The summed E-state index contributed by atoms with van der Waals surface area (Å²) in [6.07, 6.45) is 1.26. The fourth-order valence-electron chi connectivity index (χ4n) is 2.41. The molecule has 2 nitrogen and oxygen atoms in total. The molecule has 0 bridgehead atoms. The minimum absolute atomic E-state index is 0.110. The Balaban J connectivity index is 2.65. The summed E-state index contributed by atoms with van der Waals surface area (Å²) in [5.41, 5.74) is -0.764. The van der Waals surface area contributed by atoms with Crippen LogP contribution in [0.3, 0.4) is 0 Å². The average Bonchev–Trinajstić information content (AvgIpc) is 2.48. The standard InChI is InChI=1S/C14H26F3NO/c1-12(2,3)18-10-13(19-11-14(15,16)17)8-6-4-5-7-9-13/h18H,4-11H2,1-3H3. The van der Waals surface area contributed by atoms with Gasteiger partial charge in [-0.25, -0.2) is 0 Å². The van der Waals surface area contributed by atoms with Crippen LogP contribution in [0.5, 0.6) is 0 Å². The van der Waals surface area contributed by atoms with Crippen molar-refractivity contribution in [2.75, 3.05) is 13.2 Å². The van der Waals surface area contributed by atoms with Crippen molar-refractivity contribution in [2.45, 2.75) is 76.6 Å². The van der Waals surface area contributed by atoms with Gasteiger partial charge in [-0.05, 0) is 33.6 Å². The molecule has 0 radical (unpaired) electrons. The lowest BCUT2D eigenvalue weighted by Crippen LogP contribution is -2.50. The van der Waals surface area contributed by atoms with Gasteiger partial charge in [0.15, 0.2) is 0 Å². The molecule has 0 aromatic carbocycles. The molecule has 19 heavy (non-hydrogen) atoms. The highest BCUT2D eigenvalue weighted by molar-refractivity contribution is 4.88. The van der Waals surface area contributed by atoms with Gasteiger partial charge in [-0.1, -0.05) is 25.7 Å². The summed E-state index contributed by atoms with van der Waals surface area (Å²) < 4.78 is 42.6. The van der Waals surface area contributed by atoms with Gasteiger partial charge in [-0.15, -0.1) is 0 Å². The second-order valence-electron chi connectivity index (χ2n) is 6.60. The van der Waals surface area contributed by atoms with Gasteiger partial charge in [-0.3, -0.25) is 0 Å². The molecule has 0 heterocycles. The molecule has 0 saturated heterocycles. The first kappa shape index (κ1) is 16.8. The second-order valence-corrected chi connectivity index (χ2v) is 6.60. The molecule has 0 aliphatic heterocycles. The maximum absolute atomic E-state index is 12.4. The molecule has 1 saturated carbocycles. The van der Waals surface area contributed by atoms with Crippen molar-refractivity contribution in [1.82, 2.24) is 5.32 Å². The predicted molar refractivity (Wildman–Crippen MR) is 70.2 cm³/mol. The Morgan fingerprint density at radius 2 is 1.53 bits per heavy atom. The fraction of sp³-hybridized carbons (Fsp3) is 1.00. The molecule has 5 heteroatoms. The molecular weight excluding hydrogens is 255 g/mol. The third-order valence-electron chi connectivity index (χ3n) is 3.50. The van der Waals surface area contributed by atoms with Crippen LogP contribution >= 0.6 is 0 Å². The van der Waals surface area contributed by atoms with Gasteiger partial charge in [0.25, 0.3) is 0 Å². The molecule has 0 aromatic heterocycles. The van der Waals surface area contributed by atoms with E-state index in [0.29, 0.717) is 19.4 Å². The number of hydrogen-bond acceptors (Lipinski definition) is 2. The van der Waals surface area contributed by atoms with Crippen LogP contribution in [-0.2, 0) is 4.74 Å². The lowest BCUT2D eigenvalue weighted by Gasteiger charge is -2.36. The molecule has 114 valence electrons. The number of hydrogen-bond donors (Lipinski definition) is 1. The van der Waals surface area contributed by atoms with E-state index in [1.807, 2.05) is 20.8 Å². The molecule has 1 fully saturated rings. The zero-order valence-corrected chi connectivity index (χ0v) is 12.2. The molecule has 0 unspecified atom stereocenters. The van der Waals surface area contributed by atoms with E-state index in [9.17, 15) is 13.2 Å². The van der Waals surface area contributed by atoms with Crippen molar-refractivity contribution in [2.24, 2.45) is 0 Å². The Morgan fingerprint density at radius 1 is 1.00 bits per heavy atom. The van der Waals surface area contributed by atoms with Crippen LogP contribution in [0, 0.1) is 0 Å². The topological polar surface area (TPSA) is 21.3 Å². The maximum Gasteiger partial charge on any atom is 0.411 e. The second kappa shape index (κ2) is 6.44. The lowest BCUT2D eigenvalue weighted by molar-refractivity contribution is -0.207. The van der Waals surface area contributed by atoms with Crippen LogP contribution in [0.4, 0.5) is 13.2 Å². The molecule has 1 aliphatic carbocycles. The van der Waals surface area contributed by atoms with Crippen LogP contribution in [-0.4, -0.2) is 30.5 Å². The van der Waals surface area contributed by atoms with Crippen LogP contribution in [0.2, 0.25) is 0 Å². The summed E-state index contributed by atoms with van der Waals surface area (Å²) in [6.45, 7) is 5.40. The Hall–Kier alpha value is -0.290. The van der Waals surface area contributed by atoms with E-state index in [4.69, 9.17) is 4.74 Å². The van der Waals surface area contributed by atoms with Gasteiger partial charge in [0.1, 0.15) is 6.61 Å². The Kier molecular flexibility index (Phi) is 5.68. The largest absolute Gasteiger partial charge is 0.411 e. The molecular formula is C14H26F3NO. The van der Waals surface area contributed by atoms with Gasteiger partial charge in [-0.2, -0.15) is 13.2 Å². The zero-order valence-electron chi connectivity index (χ0n) is 12.2. The number of halogens is 3. The van der Waals surface area contributed by atoms with E-state index in [1.165, 1.54) is 0 Å². The van der Waals surface area contributed by atoms with Crippen molar-refractivity contribution in [3.63, 3.8) is 0 Å². The van der Waals surface area contributed by atoms with E-state index in [1.54, 1.807) is 0 Å². The molecule has 1 rings (SSSR count). The fourth-order valence-corrected chi connectivity index (χ4v) is 2.41. The summed E-state index contributed by atoms with van der Waals surface area (Å²) >= 11 is 0. The van der Waals surface area contributed by atoms with Gasteiger partial charge in [0.05, 0.1) is 5.60 Å². The van der Waals surface area contributed by atoms with E-state index in [-0.39, 0.29) is 5.54 Å². The van der Waals surface area contributed by atoms with Crippen molar-refractivity contribution in [3.8, 4) is 0 Å². The zero-order chi connectivity index (χ0) is 14.6. The quantitative estimate of drug-likeness (QED) is 0.785. The molecule has 0 spiro atoms. The maximum atomic E-state index is 12.4. The number of ether oxygens (including phenoxy) is 1. The molecule has 1 aliphatic rings. The monoisotopic (exact) mass is 281 g/mol. The SMILES string of the molecule is CC(C)(C)NCC1(OCC(F)(F)F)CCCCCC1. The van der Waals surface area contributed by atoms with Gasteiger partial charge >= 0.3 is 6.18 Å². The normalized spacial score (nSPS) is 21.2. The van der Waals surface area contributed by atoms with E-state index in [2.05, 4.69) is 5.32 Å². The molecule has 0 amide bonds. The first-order chi connectivity index (χ1) is 8.62. The molecule has 0 aromatic rings. The van der Waals surface area contributed by atoms with E-state index in [0.717, 1.165) is 25.7 Å². The van der Waals surface area contributed by atoms with Gasteiger partial charge < -0.3 is 10.1 Å². The van der Waals surface area contributed by atoms with Crippen LogP contribution in [0.15, 0.2) is 0 Å². The minimum atomic E-state index is -4.25. The van der Waals surface area contributed by atoms with Gasteiger partial charge in [0, 0.05) is 12.1 Å². The lowest BCUT2D eigenvalue weighted by atomic mass is 9.92. The molecule has 0 atom stereocenters. The number of rotatable bonds is 4. The predicted octanol–water partition coefficient (Wildman–Crippen LogP) is 4.05. The first-order valence-corrected chi connectivity index (χ1v) is 7.08. The molecule has 1 N–H and O–H groups in total. The third kappa shape index (κ3) is 7.16. The van der Waals surface area contributed by atoms with Crippen LogP contribution in [0.1, 0.15) is 59.3 Å². The Labute approximate surface area is 114 Å². The summed E-state index contributed by atoms with van der Waals surface area (Å²) in [7, 11) is 0. The van der Waals surface area contributed by atoms with Crippen LogP contribution in [0.25, 0.3) is 0 Å². The third-order valence-corrected chi connectivity index (χ3v) is 3.50. The minimum Gasteiger partial charge on any atom is -0.364 e. The van der Waals surface area contributed by atoms with E-state index < -0.39 is 18.4 Å². The smallest absolute Gasteiger partial charge is 0.364 e. The van der Waals surface area contributed by atoms with E-state index >= 15 is 0 Å².